The normalized spacial score (nSPS) is 10.4. The molecule has 17 heavy (non-hydrogen) atoms. The number of aromatic amines is 1. The van der Waals surface area contributed by atoms with E-state index in [9.17, 15) is 14.7 Å². The van der Waals surface area contributed by atoms with Crippen LogP contribution in [-0.4, -0.2) is 28.3 Å². The number of carboxylic acids is 1. The van der Waals surface area contributed by atoms with Gasteiger partial charge in [0.25, 0.3) is 5.56 Å². The number of aromatic hydroxyl groups is 1. The van der Waals surface area contributed by atoms with E-state index in [4.69, 9.17) is 9.84 Å². The summed E-state index contributed by atoms with van der Waals surface area (Å²) in [6, 6.07) is 4.68. The molecule has 0 unspecified atom stereocenters. The lowest BCUT2D eigenvalue weighted by atomic mass is 10.1. The Kier molecular flexibility index (Phi) is 2.47. The number of hydrogen-bond acceptors (Lipinski definition) is 4. The molecule has 0 saturated carbocycles. The zero-order valence-electron chi connectivity index (χ0n) is 8.85. The van der Waals surface area contributed by atoms with Gasteiger partial charge in [-0.2, -0.15) is 0 Å². The van der Waals surface area contributed by atoms with Gasteiger partial charge in [-0.3, -0.25) is 4.79 Å². The highest BCUT2D eigenvalue weighted by Crippen LogP contribution is 2.30. The molecule has 0 aliphatic heterocycles. The molecule has 2 aromatic rings. The molecule has 6 heteroatoms. The standard InChI is InChI=1S/C11H9NO5/c1-17-6-4-2-3-5-8(6)12-10(14)7(9(5)13)11(15)16/h2-4H,1H3,(H,15,16)(H2,12,13,14). The second-order valence-electron chi connectivity index (χ2n) is 3.37. The van der Waals surface area contributed by atoms with Crippen LogP contribution in [0.15, 0.2) is 23.0 Å². The van der Waals surface area contributed by atoms with Gasteiger partial charge in [0.15, 0.2) is 5.56 Å². The van der Waals surface area contributed by atoms with Crippen molar-refractivity contribution in [2.75, 3.05) is 7.11 Å². The van der Waals surface area contributed by atoms with E-state index in [-0.39, 0.29) is 10.9 Å². The molecule has 3 N–H and O–H groups in total. The first kappa shape index (κ1) is 11.0. The van der Waals surface area contributed by atoms with Crippen LogP contribution < -0.4 is 10.3 Å². The van der Waals surface area contributed by atoms with E-state index < -0.39 is 22.8 Å². The highest BCUT2D eigenvalue weighted by atomic mass is 16.5. The highest BCUT2D eigenvalue weighted by Gasteiger charge is 2.19. The third-order valence-electron chi connectivity index (χ3n) is 2.42. The van der Waals surface area contributed by atoms with Crippen LogP contribution in [-0.2, 0) is 0 Å². The lowest BCUT2D eigenvalue weighted by molar-refractivity contribution is 0.0692. The van der Waals surface area contributed by atoms with Crippen LogP contribution in [0, 0.1) is 0 Å². The number of carboxylic acid groups (broad SMARTS) is 1. The van der Waals surface area contributed by atoms with E-state index >= 15 is 0 Å². The molecule has 0 radical (unpaired) electrons. The van der Waals surface area contributed by atoms with Crippen molar-refractivity contribution >= 4 is 16.9 Å². The summed E-state index contributed by atoms with van der Waals surface area (Å²) in [7, 11) is 1.41. The van der Waals surface area contributed by atoms with Gasteiger partial charge in [0.2, 0.25) is 0 Å². The second-order valence-corrected chi connectivity index (χ2v) is 3.37. The number of nitrogens with one attached hydrogen (secondary N) is 1. The summed E-state index contributed by atoms with van der Waals surface area (Å²) in [6.07, 6.45) is 0. The van der Waals surface area contributed by atoms with Crippen LogP contribution in [0.3, 0.4) is 0 Å². The summed E-state index contributed by atoms with van der Waals surface area (Å²) in [5, 5.41) is 18.8. The molecule has 88 valence electrons. The lowest BCUT2D eigenvalue weighted by Crippen LogP contribution is -2.17. The minimum Gasteiger partial charge on any atom is -0.506 e. The number of para-hydroxylation sites is 1. The summed E-state index contributed by atoms with van der Waals surface area (Å²) in [5.74, 6) is -1.68. The number of pyridine rings is 1. The van der Waals surface area contributed by atoms with Crippen LogP contribution in [0.25, 0.3) is 10.9 Å². The summed E-state index contributed by atoms with van der Waals surface area (Å²) in [4.78, 5) is 24.7. The van der Waals surface area contributed by atoms with E-state index in [0.29, 0.717) is 5.75 Å². The summed E-state index contributed by atoms with van der Waals surface area (Å²) < 4.78 is 5.01. The van der Waals surface area contributed by atoms with Crippen molar-refractivity contribution < 1.29 is 19.7 Å². The topological polar surface area (TPSA) is 99.6 Å². The van der Waals surface area contributed by atoms with Crippen molar-refractivity contribution in [3.8, 4) is 11.5 Å². The Morgan fingerprint density at radius 3 is 2.71 bits per heavy atom. The lowest BCUT2D eigenvalue weighted by Gasteiger charge is -2.07. The van der Waals surface area contributed by atoms with Gasteiger partial charge in [0, 0.05) is 5.39 Å². The first-order valence-electron chi connectivity index (χ1n) is 4.71. The minimum atomic E-state index is -1.48. The highest BCUT2D eigenvalue weighted by molar-refractivity contribution is 5.99. The Bertz CT molecular complexity index is 659. The van der Waals surface area contributed by atoms with Crippen molar-refractivity contribution in [1.29, 1.82) is 0 Å². The van der Waals surface area contributed by atoms with Gasteiger partial charge in [-0.15, -0.1) is 0 Å². The third kappa shape index (κ3) is 1.59. The predicted octanol–water partition coefficient (Wildman–Crippen LogP) is 0.940. The van der Waals surface area contributed by atoms with Crippen LogP contribution in [0.2, 0.25) is 0 Å². The molecule has 0 amide bonds. The number of ether oxygens (including phenoxy) is 1. The number of rotatable bonds is 2. The molecule has 6 nitrogen and oxygen atoms in total. The van der Waals surface area contributed by atoms with E-state index in [2.05, 4.69) is 4.98 Å². The molecule has 1 aromatic heterocycles. The monoisotopic (exact) mass is 235 g/mol. The number of fused-ring (bicyclic) bond motifs is 1. The van der Waals surface area contributed by atoms with E-state index in [0.717, 1.165) is 0 Å². The second kappa shape index (κ2) is 3.82. The maximum Gasteiger partial charge on any atom is 0.345 e. The minimum absolute atomic E-state index is 0.223. The van der Waals surface area contributed by atoms with Gasteiger partial charge in [0.05, 0.1) is 12.6 Å². The van der Waals surface area contributed by atoms with Crippen molar-refractivity contribution in [3.63, 3.8) is 0 Å². The number of benzene rings is 1. The Morgan fingerprint density at radius 2 is 2.12 bits per heavy atom. The zero-order chi connectivity index (χ0) is 12.6. The van der Waals surface area contributed by atoms with Gasteiger partial charge < -0.3 is 19.9 Å². The zero-order valence-corrected chi connectivity index (χ0v) is 8.85. The number of aromatic carboxylic acids is 1. The summed E-state index contributed by atoms with van der Waals surface area (Å²) in [5.41, 5.74) is -1.28. The summed E-state index contributed by atoms with van der Waals surface area (Å²) >= 11 is 0. The molecule has 0 atom stereocenters. The molecule has 1 aromatic carbocycles. The molecule has 0 aliphatic carbocycles. The number of aromatic nitrogens is 1. The number of hydrogen-bond donors (Lipinski definition) is 3. The molecular formula is C11H9NO5. The molecule has 1 heterocycles. The van der Waals surface area contributed by atoms with Gasteiger partial charge >= 0.3 is 5.97 Å². The van der Waals surface area contributed by atoms with Crippen molar-refractivity contribution in [2.45, 2.75) is 0 Å². The van der Waals surface area contributed by atoms with Crippen LogP contribution >= 0.6 is 0 Å². The quantitative estimate of drug-likeness (QED) is 0.719. The fraction of sp³-hybridized carbons (Fsp3) is 0.0909. The van der Waals surface area contributed by atoms with Crippen molar-refractivity contribution in [2.24, 2.45) is 0 Å². The maximum absolute atomic E-state index is 11.5. The number of carbonyl (C=O) groups is 1. The largest absolute Gasteiger partial charge is 0.506 e. The Hall–Kier alpha value is -2.50. The fourth-order valence-electron chi connectivity index (χ4n) is 1.64. The van der Waals surface area contributed by atoms with Crippen molar-refractivity contribution in [3.05, 3.63) is 34.1 Å². The number of methoxy groups -OCH3 is 1. The van der Waals surface area contributed by atoms with Gasteiger partial charge in [-0.25, -0.2) is 4.79 Å². The summed E-state index contributed by atoms with van der Waals surface area (Å²) in [6.45, 7) is 0. The Balaban J connectivity index is 2.96. The fourth-order valence-corrected chi connectivity index (χ4v) is 1.64. The van der Waals surface area contributed by atoms with Crippen molar-refractivity contribution in [1.82, 2.24) is 4.98 Å². The maximum atomic E-state index is 11.5. The van der Waals surface area contributed by atoms with Crippen LogP contribution in [0.4, 0.5) is 0 Å². The molecule has 2 rings (SSSR count). The SMILES string of the molecule is COc1cccc2c(O)c(C(=O)O)c(=O)[nH]c12. The first-order chi connectivity index (χ1) is 8.06. The van der Waals surface area contributed by atoms with Crippen LogP contribution in [0.1, 0.15) is 10.4 Å². The average molecular weight is 235 g/mol. The first-order valence-corrected chi connectivity index (χ1v) is 4.71. The molecule has 0 fully saturated rings. The van der Waals surface area contributed by atoms with Gasteiger partial charge in [-0.05, 0) is 12.1 Å². The van der Waals surface area contributed by atoms with E-state index in [1.54, 1.807) is 12.1 Å². The molecule has 0 bridgehead atoms. The van der Waals surface area contributed by atoms with Gasteiger partial charge in [0.1, 0.15) is 11.5 Å². The van der Waals surface area contributed by atoms with E-state index in [1.807, 2.05) is 0 Å². The molecule has 0 saturated heterocycles. The average Bonchev–Trinajstić information content (AvgIpc) is 2.28. The Morgan fingerprint density at radius 1 is 1.41 bits per heavy atom. The Labute approximate surface area is 95.1 Å². The third-order valence-corrected chi connectivity index (χ3v) is 2.42. The predicted molar refractivity (Wildman–Crippen MR) is 59.7 cm³/mol. The molecule has 0 spiro atoms. The van der Waals surface area contributed by atoms with Gasteiger partial charge in [-0.1, -0.05) is 6.07 Å². The molecule has 0 aliphatic rings. The van der Waals surface area contributed by atoms with E-state index in [1.165, 1.54) is 13.2 Å². The smallest absolute Gasteiger partial charge is 0.345 e. The number of H-pyrrole nitrogens is 1. The molecular weight excluding hydrogens is 226 g/mol. The van der Waals surface area contributed by atoms with Crippen LogP contribution in [0.5, 0.6) is 11.5 Å².